The van der Waals surface area contributed by atoms with Gasteiger partial charge in [-0.1, -0.05) is 18.2 Å². The van der Waals surface area contributed by atoms with E-state index in [1.807, 2.05) is 25.1 Å². The zero-order valence-electron chi connectivity index (χ0n) is 13.4. The normalized spacial score (nSPS) is 13.9. The number of hydrogen-bond donors (Lipinski definition) is 4. The molecule has 1 aliphatic heterocycles. The number of nitrogens with zero attached hydrogens (tertiary/aromatic N) is 2. The first-order valence-corrected chi connectivity index (χ1v) is 7.89. The minimum atomic E-state index is -0.237. The van der Waals surface area contributed by atoms with Crippen molar-refractivity contribution in [3.8, 4) is 0 Å². The van der Waals surface area contributed by atoms with Crippen LogP contribution in [0.1, 0.15) is 28.5 Å². The highest BCUT2D eigenvalue weighted by atomic mass is 16.2. The van der Waals surface area contributed by atoms with Crippen molar-refractivity contribution in [3.05, 3.63) is 47.2 Å². The number of urea groups is 1. The monoisotopic (exact) mass is 328 g/mol. The van der Waals surface area contributed by atoms with Gasteiger partial charge in [0.15, 0.2) is 5.82 Å². The molecule has 0 bridgehead atoms. The molecule has 0 saturated heterocycles. The van der Waals surface area contributed by atoms with Gasteiger partial charge in [0.25, 0.3) is 5.91 Å². The third-order valence-electron chi connectivity index (χ3n) is 3.80. The van der Waals surface area contributed by atoms with Crippen molar-refractivity contribution in [3.63, 3.8) is 0 Å². The molecule has 1 aromatic carbocycles. The Morgan fingerprint density at radius 3 is 2.83 bits per heavy atom. The van der Waals surface area contributed by atoms with Gasteiger partial charge in [-0.05, 0) is 19.1 Å². The minimum Gasteiger partial charge on any atom is -0.337 e. The van der Waals surface area contributed by atoms with Crippen molar-refractivity contribution in [2.24, 2.45) is 0 Å². The van der Waals surface area contributed by atoms with E-state index in [0.29, 0.717) is 31.0 Å². The number of fused-ring (bicyclic) bond motifs is 1. The molecule has 0 fully saturated rings. The molecule has 8 nitrogen and oxygen atoms in total. The summed E-state index contributed by atoms with van der Waals surface area (Å²) in [6, 6.07) is 8.74. The fraction of sp³-hybridized carbons (Fsp3) is 0.312. The van der Waals surface area contributed by atoms with E-state index in [1.165, 1.54) is 0 Å². The van der Waals surface area contributed by atoms with Crippen LogP contribution >= 0.6 is 0 Å². The Morgan fingerprint density at radius 2 is 2.08 bits per heavy atom. The highest BCUT2D eigenvalue weighted by Gasteiger charge is 2.24. The van der Waals surface area contributed by atoms with Crippen molar-refractivity contribution in [1.82, 2.24) is 25.9 Å². The molecule has 8 heteroatoms. The maximum atomic E-state index is 12.3. The number of H-pyrrole nitrogens is 1. The number of nitrogens with one attached hydrogen (secondary N) is 4. The van der Waals surface area contributed by atoms with E-state index in [0.717, 1.165) is 17.7 Å². The number of aromatic nitrogens is 2. The summed E-state index contributed by atoms with van der Waals surface area (Å²) < 4.78 is 0. The predicted octanol–water partition coefficient (Wildman–Crippen LogP) is 1.25. The quantitative estimate of drug-likeness (QED) is 0.678. The molecule has 0 aliphatic carbocycles. The molecule has 4 N–H and O–H groups in total. The van der Waals surface area contributed by atoms with Crippen LogP contribution in [0.4, 0.5) is 10.6 Å². The number of aromatic amines is 1. The smallest absolute Gasteiger partial charge is 0.329 e. The Morgan fingerprint density at radius 1 is 1.29 bits per heavy atom. The lowest BCUT2D eigenvalue weighted by Gasteiger charge is -2.27. The standard InChI is InChI=1S/C16H20N6O2/c1-2-17-16(24)21-22-9-8-13-12(10-22)14(20-19-13)18-15(23)11-6-4-3-5-7-11/h3-7H,2,8-10H2,1H3,(H2,17,21,24)(H2,18,19,20,23). The van der Waals surface area contributed by atoms with Gasteiger partial charge in [-0.3, -0.25) is 15.3 Å². The average Bonchev–Trinajstić information content (AvgIpc) is 2.98. The van der Waals surface area contributed by atoms with Crippen LogP contribution in [0.15, 0.2) is 30.3 Å². The second-order valence-corrected chi connectivity index (χ2v) is 5.49. The number of carbonyl (C=O) groups is 2. The van der Waals surface area contributed by atoms with Gasteiger partial charge in [0, 0.05) is 42.9 Å². The van der Waals surface area contributed by atoms with Crippen LogP contribution in [0.5, 0.6) is 0 Å². The van der Waals surface area contributed by atoms with E-state index < -0.39 is 0 Å². The summed E-state index contributed by atoms with van der Waals surface area (Å²) >= 11 is 0. The summed E-state index contributed by atoms with van der Waals surface area (Å²) in [5.41, 5.74) is 5.23. The third kappa shape index (κ3) is 3.54. The third-order valence-corrected chi connectivity index (χ3v) is 3.80. The van der Waals surface area contributed by atoms with Crippen LogP contribution < -0.4 is 16.1 Å². The van der Waals surface area contributed by atoms with Crippen molar-refractivity contribution in [2.45, 2.75) is 19.9 Å². The first-order chi connectivity index (χ1) is 11.7. The van der Waals surface area contributed by atoms with Gasteiger partial charge >= 0.3 is 6.03 Å². The maximum absolute atomic E-state index is 12.3. The molecule has 0 saturated carbocycles. The first kappa shape index (κ1) is 16.0. The van der Waals surface area contributed by atoms with Gasteiger partial charge in [0.1, 0.15) is 0 Å². The predicted molar refractivity (Wildman–Crippen MR) is 89.3 cm³/mol. The second-order valence-electron chi connectivity index (χ2n) is 5.49. The molecule has 0 radical (unpaired) electrons. The van der Waals surface area contributed by atoms with Gasteiger partial charge in [-0.2, -0.15) is 5.10 Å². The van der Waals surface area contributed by atoms with E-state index in [9.17, 15) is 9.59 Å². The van der Waals surface area contributed by atoms with Gasteiger partial charge in [0.2, 0.25) is 0 Å². The molecule has 0 atom stereocenters. The molecule has 0 unspecified atom stereocenters. The van der Waals surface area contributed by atoms with E-state index in [4.69, 9.17) is 0 Å². The van der Waals surface area contributed by atoms with Crippen molar-refractivity contribution in [2.75, 3.05) is 18.4 Å². The lowest BCUT2D eigenvalue weighted by atomic mass is 10.1. The van der Waals surface area contributed by atoms with Gasteiger partial charge in [-0.15, -0.1) is 0 Å². The average molecular weight is 328 g/mol. The summed E-state index contributed by atoms with van der Waals surface area (Å²) in [5, 5.41) is 14.5. The van der Waals surface area contributed by atoms with E-state index >= 15 is 0 Å². The minimum absolute atomic E-state index is 0.210. The first-order valence-electron chi connectivity index (χ1n) is 7.89. The van der Waals surface area contributed by atoms with Crippen molar-refractivity contribution < 1.29 is 9.59 Å². The number of amides is 3. The highest BCUT2D eigenvalue weighted by molar-refractivity contribution is 6.04. The fourth-order valence-electron chi connectivity index (χ4n) is 2.61. The van der Waals surface area contributed by atoms with Gasteiger partial charge in [0.05, 0.1) is 0 Å². The number of anilines is 1. The van der Waals surface area contributed by atoms with E-state index in [-0.39, 0.29) is 11.9 Å². The molecule has 3 rings (SSSR count). The Kier molecular flexibility index (Phi) is 4.76. The molecule has 0 spiro atoms. The Bertz CT molecular complexity index is 727. The lowest BCUT2D eigenvalue weighted by Crippen LogP contribution is -2.49. The number of carbonyl (C=O) groups excluding carboxylic acids is 2. The summed E-state index contributed by atoms with van der Waals surface area (Å²) in [6.45, 7) is 3.59. The van der Waals surface area contributed by atoms with Crippen LogP contribution in [-0.4, -0.2) is 40.2 Å². The SMILES string of the molecule is CCNC(=O)NN1CCc2[nH]nc(NC(=O)c3ccccc3)c2C1. The molecule has 24 heavy (non-hydrogen) atoms. The van der Waals surface area contributed by atoms with Gasteiger partial charge < -0.3 is 10.6 Å². The molecule has 1 aliphatic rings. The van der Waals surface area contributed by atoms with Crippen molar-refractivity contribution >= 4 is 17.8 Å². The highest BCUT2D eigenvalue weighted by Crippen LogP contribution is 2.23. The summed E-state index contributed by atoms with van der Waals surface area (Å²) in [6.07, 6.45) is 0.718. The largest absolute Gasteiger partial charge is 0.337 e. The van der Waals surface area contributed by atoms with Crippen LogP contribution in [0.2, 0.25) is 0 Å². The maximum Gasteiger partial charge on any atom is 0.329 e. The molecule has 2 heterocycles. The van der Waals surface area contributed by atoms with Crippen LogP contribution in [0.3, 0.4) is 0 Å². The van der Waals surface area contributed by atoms with E-state index in [2.05, 4.69) is 26.3 Å². The topological polar surface area (TPSA) is 102 Å². The zero-order chi connectivity index (χ0) is 16.9. The number of benzene rings is 1. The zero-order valence-corrected chi connectivity index (χ0v) is 13.4. The Labute approximate surface area is 139 Å². The Hall–Kier alpha value is -2.87. The van der Waals surface area contributed by atoms with Crippen LogP contribution in [-0.2, 0) is 13.0 Å². The molecular weight excluding hydrogens is 308 g/mol. The summed E-state index contributed by atoms with van der Waals surface area (Å²) in [5.74, 6) is 0.292. The molecular formula is C16H20N6O2. The number of hydrogen-bond acceptors (Lipinski definition) is 4. The summed E-state index contributed by atoms with van der Waals surface area (Å²) in [7, 11) is 0. The summed E-state index contributed by atoms with van der Waals surface area (Å²) in [4.78, 5) is 23.9. The molecule has 1 aromatic heterocycles. The fourth-order valence-corrected chi connectivity index (χ4v) is 2.61. The molecule has 3 amide bonds. The van der Waals surface area contributed by atoms with E-state index in [1.54, 1.807) is 17.1 Å². The Balaban J connectivity index is 1.69. The number of hydrazine groups is 1. The number of rotatable bonds is 4. The molecule has 2 aromatic rings. The molecule has 126 valence electrons. The second kappa shape index (κ2) is 7.14. The van der Waals surface area contributed by atoms with Gasteiger partial charge in [-0.25, -0.2) is 9.80 Å². The van der Waals surface area contributed by atoms with Crippen LogP contribution in [0.25, 0.3) is 0 Å². The van der Waals surface area contributed by atoms with Crippen molar-refractivity contribution in [1.29, 1.82) is 0 Å². The van der Waals surface area contributed by atoms with Crippen LogP contribution in [0, 0.1) is 0 Å². The lowest BCUT2D eigenvalue weighted by molar-refractivity contribution is 0.102.